The first-order chi connectivity index (χ1) is 12.2. The minimum Gasteiger partial charge on any atom is -0.493 e. The van der Waals surface area contributed by atoms with Crippen LogP contribution in [-0.4, -0.2) is 19.7 Å². The van der Waals surface area contributed by atoms with Crippen LogP contribution in [0, 0.1) is 11.8 Å². The van der Waals surface area contributed by atoms with E-state index in [0.717, 1.165) is 24.0 Å². The van der Waals surface area contributed by atoms with E-state index in [4.69, 9.17) is 4.74 Å². The Kier molecular flexibility index (Phi) is 8.85. The van der Waals surface area contributed by atoms with Gasteiger partial charge in [0, 0.05) is 6.42 Å². The molecule has 0 amide bonds. The van der Waals surface area contributed by atoms with Gasteiger partial charge in [-0.15, -0.1) is 0 Å². The molecule has 1 aromatic carbocycles. The molecule has 1 aliphatic carbocycles. The Labute approximate surface area is 153 Å². The number of hydrogen-bond donors (Lipinski definition) is 0. The van der Waals surface area contributed by atoms with Crippen LogP contribution >= 0.6 is 0 Å². The SMILES string of the molecule is COC(=O)CCCOc1ccccc1CCC(C)CC1CCCCC1. The third-order valence-corrected chi connectivity index (χ3v) is 5.35. The Morgan fingerprint density at radius 3 is 2.72 bits per heavy atom. The molecular formula is C22H34O3. The highest BCUT2D eigenvalue weighted by atomic mass is 16.5. The summed E-state index contributed by atoms with van der Waals surface area (Å²) < 4.78 is 10.6. The molecule has 1 fully saturated rings. The quantitative estimate of drug-likeness (QED) is 0.411. The van der Waals surface area contributed by atoms with E-state index < -0.39 is 0 Å². The summed E-state index contributed by atoms with van der Waals surface area (Å²) in [6.07, 6.45) is 11.9. The molecule has 1 atom stereocenters. The van der Waals surface area contributed by atoms with E-state index >= 15 is 0 Å². The number of aryl methyl sites for hydroxylation is 1. The number of carbonyl (C=O) groups is 1. The molecule has 0 heterocycles. The molecule has 0 spiro atoms. The topological polar surface area (TPSA) is 35.5 Å². The monoisotopic (exact) mass is 346 g/mol. The Balaban J connectivity index is 1.74. The molecule has 3 heteroatoms. The van der Waals surface area contributed by atoms with Crippen molar-refractivity contribution in [1.82, 2.24) is 0 Å². The van der Waals surface area contributed by atoms with E-state index in [1.165, 1.54) is 57.6 Å². The van der Waals surface area contributed by atoms with Crippen molar-refractivity contribution in [2.45, 2.75) is 71.1 Å². The average Bonchev–Trinajstić information content (AvgIpc) is 2.65. The third-order valence-electron chi connectivity index (χ3n) is 5.35. The third kappa shape index (κ3) is 7.50. The molecule has 1 aromatic rings. The lowest BCUT2D eigenvalue weighted by atomic mass is 9.82. The van der Waals surface area contributed by atoms with Crippen LogP contribution < -0.4 is 4.74 Å². The second kappa shape index (κ2) is 11.2. The summed E-state index contributed by atoms with van der Waals surface area (Å²) in [5, 5.41) is 0. The normalized spacial score (nSPS) is 16.4. The number of para-hydroxylation sites is 1. The van der Waals surface area contributed by atoms with Crippen molar-refractivity contribution < 1.29 is 14.3 Å². The zero-order chi connectivity index (χ0) is 17.9. The predicted molar refractivity (Wildman–Crippen MR) is 102 cm³/mol. The van der Waals surface area contributed by atoms with E-state index in [-0.39, 0.29) is 5.97 Å². The van der Waals surface area contributed by atoms with Crippen molar-refractivity contribution in [3.63, 3.8) is 0 Å². The number of rotatable bonds is 10. The molecule has 0 aliphatic heterocycles. The fourth-order valence-corrected chi connectivity index (χ4v) is 3.86. The number of hydrogen-bond acceptors (Lipinski definition) is 3. The summed E-state index contributed by atoms with van der Waals surface area (Å²) >= 11 is 0. The first kappa shape index (κ1) is 19.8. The lowest BCUT2D eigenvalue weighted by molar-refractivity contribution is -0.140. The standard InChI is InChI=1S/C22H34O3/c1-18(17-19-9-4-3-5-10-19)14-15-20-11-6-7-12-21(20)25-16-8-13-22(23)24-2/h6-7,11-12,18-19H,3-5,8-10,13-17H2,1-2H3. The number of carbonyl (C=O) groups excluding carboxylic acids is 1. The highest BCUT2D eigenvalue weighted by Crippen LogP contribution is 2.31. The zero-order valence-corrected chi connectivity index (χ0v) is 16.0. The lowest BCUT2D eigenvalue weighted by Gasteiger charge is -2.24. The maximum absolute atomic E-state index is 11.2. The van der Waals surface area contributed by atoms with Crippen LogP contribution in [0.4, 0.5) is 0 Å². The number of methoxy groups -OCH3 is 1. The van der Waals surface area contributed by atoms with E-state index in [1.807, 2.05) is 12.1 Å². The van der Waals surface area contributed by atoms with Gasteiger partial charge in [0.15, 0.2) is 0 Å². The predicted octanol–water partition coefficient (Wildman–Crippen LogP) is 5.56. The van der Waals surface area contributed by atoms with Gasteiger partial charge < -0.3 is 9.47 Å². The van der Waals surface area contributed by atoms with Gasteiger partial charge in [-0.1, -0.05) is 57.2 Å². The summed E-state index contributed by atoms with van der Waals surface area (Å²) in [7, 11) is 1.42. The summed E-state index contributed by atoms with van der Waals surface area (Å²) in [6.45, 7) is 2.96. The zero-order valence-electron chi connectivity index (χ0n) is 16.0. The van der Waals surface area contributed by atoms with Gasteiger partial charge in [0.2, 0.25) is 0 Å². The molecule has 0 bridgehead atoms. The summed E-state index contributed by atoms with van der Waals surface area (Å²) in [5.74, 6) is 2.52. The summed E-state index contributed by atoms with van der Waals surface area (Å²) in [5.41, 5.74) is 1.29. The molecule has 140 valence electrons. The van der Waals surface area contributed by atoms with E-state index in [2.05, 4.69) is 23.8 Å². The average molecular weight is 347 g/mol. The molecule has 0 saturated heterocycles. The Hall–Kier alpha value is -1.51. The largest absolute Gasteiger partial charge is 0.493 e. The van der Waals surface area contributed by atoms with Crippen LogP contribution in [0.2, 0.25) is 0 Å². The van der Waals surface area contributed by atoms with Crippen molar-refractivity contribution in [1.29, 1.82) is 0 Å². The Bertz CT molecular complexity index is 506. The molecule has 1 unspecified atom stereocenters. The molecule has 25 heavy (non-hydrogen) atoms. The van der Waals surface area contributed by atoms with Crippen LogP contribution in [-0.2, 0) is 16.0 Å². The molecule has 1 saturated carbocycles. The first-order valence-corrected chi connectivity index (χ1v) is 9.96. The van der Waals surface area contributed by atoms with E-state index in [0.29, 0.717) is 19.4 Å². The Morgan fingerprint density at radius 2 is 1.96 bits per heavy atom. The highest BCUT2D eigenvalue weighted by Gasteiger charge is 2.16. The van der Waals surface area contributed by atoms with E-state index in [9.17, 15) is 4.79 Å². The molecular weight excluding hydrogens is 312 g/mol. The molecule has 3 nitrogen and oxygen atoms in total. The van der Waals surface area contributed by atoms with Crippen molar-refractivity contribution in [3.8, 4) is 5.75 Å². The van der Waals surface area contributed by atoms with Crippen molar-refractivity contribution >= 4 is 5.97 Å². The van der Waals surface area contributed by atoms with Gasteiger partial charge in [-0.2, -0.15) is 0 Å². The fourth-order valence-electron chi connectivity index (χ4n) is 3.86. The van der Waals surface area contributed by atoms with Gasteiger partial charge in [-0.05, 0) is 49.1 Å². The minimum atomic E-state index is -0.173. The van der Waals surface area contributed by atoms with Gasteiger partial charge >= 0.3 is 5.97 Å². The number of ether oxygens (including phenoxy) is 2. The maximum atomic E-state index is 11.2. The lowest BCUT2D eigenvalue weighted by Crippen LogP contribution is -2.11. The fraction of sp³-hybridized carbons (Fsp3) is 0.682. The van der Waals surface area contributed by atoms with Crippen LogP contribution in [0.5, 0.6) is 5.75 Å². The van der Waals surface area contributed by atoms with Crippen molar-refractivity contribution in [2.75, 3.05) is 13.7 Å². The number of benzene rings is 1. The summed E-state index contributed by atoms with van der Waals surface area (Å²) in [6, 6.07) is 8.31. The molecule has 2 rings (SSSR count). The maximum Gasteiger partial charge on any atom is 0.305 e. The second-order valence-corrected chi connectivity index (χ2v) is 7.52. The van der Waals surface area contributed by atoms with Crippen LogP contribution in [0.1, 0.15) is 70.3 Å². The van der Waals surface area contributed by atoms with Gasteiger partial charge in [0.05, 0.1) is 13.7 Å². The van der Waals surface area contributed by atoms with Crippen molar-refractivity contribution in [2.24, 2.45) is 11.8 Å². The second-order valence-electron chi connectivity index (χ2n) is 7.52. The van der Waals surface area contributed by atoms with Gasteiger partial charge in [-0.3, -0.25) is 4.79 Å². The van der Waals surface area contributed by atoms with Crippen LogP contribution in [0.25, 0.3) is 0 Å². The van der Waals surface area contributed by atoms with Crippen LogP contribution in [0.15, 0.2) is 24.3 Å². The number of esters is 1. The molecule has 0 N–H and O–H groups in total. The van der Waals surface area contributed by atoms with E-state index in [1.54, 1.807) is 0 Å². The van der Waals surface area contributed by atoms with Gasteiger partial charge in [-0.25, -0.2) is 0 Å². The molecule has 1 aliphatic rings. The summed E-state index contributed by atoms with van der Waals surface area (Å²) in [4.78, 5) is 11.2. The van der Waals surface area contributed by atoms with Gasteiger partial charge in [0.25, 0.3) is 0 Å². The molecule has 0 radical (unpaired) electrons. The first-order valence-electron chi connectivity index (χ1n) is 9.96. The Morgan fingerprint density at radius 1 is 1.20 bits per heavy atom. The molecule has 0 aromatic heterocycles. The van der Waals surface area contributed by atoms with Crippen LogP contribution in [0.3, 0.4) is 0 Å². The smallest absolute Gasteiger partial charge is 0.305 e. The highest BCUT2D eigenvalue weighted by molar-refractivity contribution is 5.69. The van der Waals surface area contributed by atoms with Crippen molar-refractivity contribution in [3.05, 3.63) is 29.8 Å². The minimum absolute atomic E-state index is 0.173. The van der Waals surface area contributed by atoms with Gasteiger partial charge in [0.1, 0.15) is 5.75 Å².